The number of hydrogen-bond acceptors (Lipinski definition) is 5. The van der Waals surface area contributed by atoms with E-state index in [2.05, 4.69) is 10.1 Å². The molecule has 0 spiro atoms. The summed E-state index contributed by atoms with van der Waals surface area (Å²) >= 11 is 0. The van der Waals surface area contributed by atoms with Gasteiger partial charge >= 0.3 is 12.5 Å². The number of carbonyl (C=O) groups is 2. The van der Waals surface area contributed by atoms with Gasteiger partial charge in [-0.1, -0.05) is 0 Å². The van der Waals surface area contributed by atoms with E-state index in [4.69, 9.17) is 15.2 Å². The lowest BCUT2D eigenvalue weighted by Gasteiger charge is -2.25. The van der Waals surface area contributed by atoms with Gasteiger partial charge in [-0.2, -0.15) is 13.2 Å². The van der Waals surface area contributed by atoms with Crippen molar-refractivity contribution < 1.29 is 54.5 Å². The smallest absolute Gasteiger partial charge is 0.510 e. The number of rotatable bonds is 8. The highest BCUT2D eigenvalue weighted by molar-refractivity contribution is 6.58. The minimum absolute atomic E-state index is 0.0248. The van der Waals surface area contributed by atoms with Crippen LogP contribution in [0.25, 0.3) is 0 Å². The van der Waals surface area contributed by atoms with Gasteiger partial charge < -0.3 is 25.3 Å². The Morgan fingerprint density at radius 2 is 1.40 bits per heavy atom. The Balaban J connectivity index is 2.08. The Labute approximate surface area is 225 Å². The Hall–Kier alpha value is -4.30. The van der Waals surface area contributed by atoms with Crippen molar-refractivity contribution in [3.63, 3.8) is 0 Å². The molecule has 0 aliphatic rings. The second-order valence-electron chi connectivity index (χ2n) is 9.17. The average Bonchev–Trinajstić information content (AvgIpc) is 2.78. The van der Waals surface area contributed by atoms with E-state index in [0.717, 1.165) is 18.2 Å². The normalized spacial score (nSPS) is 12.0. The highest BCUT2D eigenvalue weighted by Gasteiger charge is 2.38. The van der Waals surface area contributed by atoms with Crippen molar-refractivity contribution in [2.75, 3.05) is 5.32 Å². The van der Waals surface area contributed by atoms with Crippen molar-refractivity contribution in [3.05, 3.63) is 77.1 Å². The number of benzene rings is 3. The molecule has 0 heterocycles. The second-order valence-corrected chi connectivity index (χ2v) is 9.17. The number of ether oxygens (including phenoxy) is 3. The first-order valence-corrected chi connectivity index (χ1v) is 11.2. The number of primary amides is 1. The number of alkyl halides is 6. The van der Waals surface area contributed by atoms with Crippen LogP contribution >= 0.6 is 0 Å². The first-order valence-electron chi connectivity index (χ1n) is 11.2. The molecule has 208 valence electrons. The summed E-state index contributed by atoms with van der Waals surface area (Å²) in [6.07, 6.45) is -10.2. The third kappa shape index (κ3) is 7.86. The molecule has 40 heavy (non-hydrogen) atoms. The molecule has 0 aromatic heterocycles. The van der Waals surface area contributed by atoms with Crippen LogP contribution in [-0.4, -0.2) is 47.0 Å². The van der Waals surface area contributed by atoms with E-state index in [1.54, 1.807) is 23.5 Å². The summed E-state index contributed by atoms with van der Waals surface area (Å²) in [6, 6.07) is 8.47. The number of amides is 2. The molecular weight excluding hydrogens is 550 g/mol. The standard InChI is InChI=1S/C23H18B3F7N2O5/c24-22(25,26)40-16-9-12(39-23(31,32)33)5-7-14(16)38-15-8-6-13(21(28,29)30)18(27)17(15)20(37)35-11-3-1-10(2-4-11)19(34)36/h1-9H,24-26H2,(H2,34,36)(H,35,37). The van der Waals surface area contributed by atoms with Crippen molar-refractivity contribution >= 4 is 41.0 Å². The van der Waals surface area contributed by atoms with Gasteiger partial charge in [0, 0.05) is 22.6 Å². The number of halogens is 7. The van der Waals surface area contributed by atoms with Gasteiger partial charge in [0.05, 0.1) is 5.56 Å². The van der Waals surface area contributed by atoms with Crippen LogP contribution in [-0.2, 0) is 6.18 Å². The molecular formula is C23H18B3F7N2O5. The molecule has 0 unspecified atom stereocenters. The highest BCUT2D eigenvalue weighted by Crippen LogP contribution is 2.41. The van der Waals surface area contributed by atoms with E-state index in [-0.39, 0.29) is 22.7 Å². The van der Waals surface area contributed by atoms with E-state index in [9.17, 15) is 35.9 Å². The molecule has 0 fully saturated rings. The quantitative estimate of drug-likeness (QED) is 0.322. The molecule has 0 aliphatic heterocycles. The minimum Gasteiger partial charge on any atom is -0.510 e. The fraction of sp³-hybridized carbons (Fsp3) is 0.130. The summed E-state index contributed by atoms with van der Waals surface area (Å²) in [5.74, 6) is -6.22. The van der Waals surface area contributed by atoms with Crippen LogP contribution in [0, 0.1) is 5.82 Å². The second kappa shape index (κ2) is 11.1. The molecule has 0 bridgehead atoms. The van der Waals surface area contributed by atoms with Crippen LogP contribution in [0.3, 0.4) is 0 Å². The van der Waals surface area contributed by atoms with E-state index >= 15 is 4.39 Å². The number of hydrogen-bond donors (Lipinski definition) is 2. The van der Waals surface area contributed by atoms with Crippen molar-refractivity contribution in [2.45, 2.75) is 17.8 Å². The molecule has 3 N–H and O–H groups in total. The molecule has 17 heteroatoms. The molecule has 3 aromatic rings. The van der Waals surface area contributed by atoms with Gasteiger partial charge in [-0.15, -0.1) is 13.2 Å². The van der Waals surface area contributed by atoms with Crippen LogP contribution in [0.1, 0.15) is 26.3 Å². The molecule has 0 aliphatic carbocycles. The van der Waals surface area contributed by atoms with Gasteiger partial charge in [0.15, 0.2) is 17.3 Å². The lowest BCUT2D eigenvalue weighted by atomic mass is 9.52. The largest absolute Gasteiger partial charge is 0.573 e. The Kier molecular flexibility index (Phi) is 8.36. The van der Waals surface area contributed by atoms with Gasteiger partial charge in [0.1, 0.15) is 40.6 Å². The summed E-state index contributed by atoms with van der Waals surface area (Å²) in [5, 5.41) is 1.20. The topological polar surface area (TPSA) is 99.9 Å². The van der Waals surface area contributed by atoms with Crippen molar-refractivity contribution in [1.82, 2.24) is 0 Å². The van der Waals surface area contributed by atoms with E-state index in [0.29, 0.717) is 12.1 Å². The predicted molar refractivity (Wildman–Crippen MR) is 137 cm³/mol. The zero-order valence-corrected chi connectivity index (χ0v) is 21.0. The van der Waals surface area contributed by atoms with Gasteiger partial charge in [0.25, 0.3) is 5.91 Å². The molecule has 0 radical (unpaired) electrons. The Bertz CT molecular complexity index is 1430. The van der Waals surface area contributed by atoms with E-state index in [1.807, 2.05) is 0 Å². The summed E-state index contributed by atoms with van der Waals surface area (Å²) in [5.41, 5.74) is 2.25. The zero-order chi connectivity index (χ0) is 30.0. The molecule has 3 aromatic carbocycles. The Morgan fingerprint density at radius 1 is 0.800 bits per heavy atom. The number of carbonyl (C=O) groups excluding carboxylic acids is 2. The first kappa shape index (κ1) is 30.2. The summed E-state index contributed by atoms with van der Waals surface area (Å²) in [7, 11) is 4.65. The molecule has 2 amide bonds. The Morgan fingerprint density at radius 3 is 1.93 bits per heavy atom. The molecule has 7 nitrogen and oxygen atoms in total. The fourth-order valence-corrected chi connectivity index (χ4v) is 3.28. The van der Waals surface area contributed by atoms with Crippen LogP contribution in [0.4, 0.5) is 36.4 Å². The van der Waals surface area contributed by atoms with Gasteiger partial charge in [-0.05, 0) is 48.5 Å². The first-order chi connectivity index (χ1) is 18.3. The van der Waals surface area contributed by atoms with Crippen molar-refractivity contribution in [1.29, 1.82) is 0 Å². The van der Waals surface area contributed by atoms with Gasteiger partial charge in [0.2, 0.25) is 5.91 Å². The summed E-state index contributed by atoms with van der Waals surface area (Å²) in [4.78, 5) is 24.2. The number of nitrogens with two attached hydrogens (primary N) is 1. The predicted octanol–water partition coefficient (Wildman–Crippen LogP) is 2.78. The molecule has 0 saturated heterocycles. The van der Waals surface area contributed by atoms with Crippen molar-refractivity contribution in [3.8, 4) is 23.0 Å². The van der Waals surface area contributed by atoms with Crippen molar-refractivity contribution in [2.24, 2.45) is 5.73 Å². The van der Waals surface area contributed by atoms with Gasteiger partial charge in [-0.25, -0.2) is 4.39 Å². The fourth-order valence-electron chi connectivity index (χ4n) is 3.28. The highest BCUT2D eigenvalue weighted by atomic mass is 19.4. The molecule has 3 rings (SSSR count). The SMILES string of the molecule is BC(B)(B)Oc1cc(OC(F)(F)F)ccc1Oc1ccc(C(F)(F)F)c(F)c1C(=O)Nc1ccc(C(N)=O)cc1. The maximum Gasteiger partial charge on any atom is 0.573 e. The van der Waals surface area contributed by atoms with Crippen LogP contribution in [0.2, 0.25) is 0 Å². The average molecular weight is 568 g/mol. The van der Waals surface area contributed by atoms with Crippen LogP contribution < -0.4 is 25.3 Å². The van der Waals surface area contributed by atoms with Crippen LogP contribution in [0.15, 0.2) is 54.6 Å². The number of nitrogens with one attached hydrogen (secondary N) is 1. The maximum absolute atomic E-state index is 15.2. The monoisotopic (exact) mass is 568 g/mol. The maximum atomic E-state index is 15.2. The van der Waals surface area contributed by atoms with E-state index in [1.165, 1.54) is 24.3 Å². The summed E-state index contributed by atoms with van der Waals surface area (Å²) in [6.45, 7) is 0. The minimum atomic E-state index is -5.18. The number of anilines is 1. The molecule has 0 saturated carbocycles. The van der Waals surface area contributed by atoms with Gasteiger partial charge in [-0.3, -0.25) is 9.59 Å². The zero-order valence-electron chi connectivity index (χ0n) is 21.0. The molecule has 0 atom stereocenters. The third-order valence-electron chi connectivity index (χ3n) is 4.85. The van der Waals surface area contributed by atoms with Crippen LogP contribution in [0.5, 0.6) is 23.0 Å². The van der Waals surface area contributed by atoms with E-state index < -0.39 is 58.1 Å². The third-order valence-corrected chi connectivity index (χ3v) is 4.85. The summed E-state index contributed by atoms with van der Waals surface area (Å²) < 4.78 is 109. The lowest BCUT2D eigenvalue weighted by molar-refractivity contribution is -0.274. The lowest BCUT2D eigenvalue weighted by Crippen LogP contribution is -2.37.